The Morgan fingerprint density at radius 2 is 1.80 bits per heavy atom. The molecular formula is C5H10O5. The zero-order chi connectivity index (χ0) is 7.61. The van der Waals surface area contributed by atoms with Gasteiger partial charge in [0, 0.05) is 0 Å². The van der Waals surface area contributed by atoms with E-state index < -0.39 is 19.6 Å². The Hall–Kier alpha value is -0.200. The minimum atomic E-state index is -1.19. The third-order valence-electron chi connectivity index (χ3n) is 1.31. The highest BCUT2D eigenvalue weighted by atomic mass is 17.0. The van der Waals surface area contributed by atoms with Crippen LogP contribution in [0, 0.1) is 0 Å². The largest absolute Gasteiger partial charge is 0.370 e. The maximum atomic E-state index is 8.32. The number of rotatable bonds is 4. The molecule has 5 heteroatoms. The van der Waals surface area contributed by atoms with Crippen molar-refractivity contribution in [2.45, 2.75) is 19.0 Å². The van der Waals surface area contributed by atoms with E-state index in [0.717, 1.165) is 0 Å². The van der Waals surface area contributed by atoms with E-state index >= 15 is 0 Å². The van der Waals surface area contributed by atoms with Crippen molar-refractivity contribution in [1.82, 2.24) is 0 Å². The summed E-state index contributed by atoms with van der Waals surface area (Å²) in [7, 11) is 0. The van der Waals surface area contributed by atoms with Crippen LogP contribution >= 0.6 is 0 Å². The van der Waals surface area contributed by atoms with Gasteiger partial charge in [-0.1, -0.05) is 0 Å². The molecule has 0 spiro atoms. The quantitative estimate of drug-likeness (QED) is 0.397. The van der Waals surface area contributed by atoms with Crippen molar-refractivity contribution in [3.63, 3.8) is 0 Å². The second-order valence-corrected chi connectivity index (χ2v) is 1.91. The van der Waals surface area contributed by atoms with Gasteiger partial charge in [-0.15, -0.1) is 0 Å². The summed E-state index contributed by atoms with van der Waals surface area (Å²) in [4.78, 5) is 0. The molecule has 1 aliphatic rings. The summed E-state index contributed by atoms with van der Waals surface area (Å²) in [5, 5.41) is 16.6. The number of hydrogen-bond acceptors (Lipinski definition) is 5. The van der Waals surface area contributed by atoms with Gasteiger partial charge in [0.2, 0.25) is 0 Å². The lowest BCUT2D eigenvalue weighted by molar-refractivity contribution is -0.277. The van der Waals surface area contributed by atoms with Gasteiger partial charge in [0.15, 0.2) is 0 Å². The van der Waals surface area contributed by atoms with Gasteiger partial charge >= 0.3 is 5.97 Å². The van der Waals surface area contributed by atoms with E-state index in [-0.39, 0.29) is 6.10 Å². The van der Waals surface area contributed by atoms with Crippen LogP contribution in [0.3, 0.4) is 0 Å². The molecule has 0 aromatic heterocycles. The molecule has 0 aromatic carbocycles. The second kappa shape index (κ2) is 2.81. The fraction of sp³-hybridized carbons (Fsp3) is 1.00. The molecule has 0 amide bonds. The van der Waals surface area contributed by atoms with Crippen molar-refractivity contribution < 1.29 is 24.4 Å². The molecule has 1 aliphatic heterocycles. The van der Waals surface area contributed by atoms with Crippen LogP contribution in [-0.4, -0.2) is 35.9 Å². The molecule has 0 radical (unpaired) electrons. The fourth-order valence-electron chi connectivity index (χ4n) is 0.737. The molecule has 0 aliphatic carbocycles. The van der Waals surface area contributed by atoms with Gasteiger partial charge in [-0.3, -0.25) is 9.47 Å². The van der Waals surface area contributed by atoms with Crippen LogP contribution in [0.4, 0.5) is 0 Å². The van der Waals surface area contributed by atoms with Crippen LogP contribution in [0.1, 0.15) is 6.92 Å². The van der Waals surface area contributed by atoms with Gasteiger partial charge < -0.3 is 14.9 Å². The van der Waals surface area contributed by atoms with Gasteiger partial charge in [0.1, 0.15) is 19.7 Å². The standard InChI is InChI=1S/C5H10O5/c1-4-5(10-4,8-2-6)9-3-7/h4,6-7H,2-3H2,1H3. The minimum absolute atomic E-state index is 0.230. The Balaban J connectivity index is 2.31. The number of hydrogen-bond donors (Lipinski definition) is 2. The first kappa shape index (κ1) is 7.90. The van der Waals surface area contributed by atoms with E-state index in [2.05, 4.69) is 9.47 Å². The molecule has 0 saturated carbocycles. The predicted molar refractivity (Wildman–Crippen MR) is 29.6 cm³/mol. The van der Waals surface area contributed by atoms with Crippen molar-refractivity contribution >= 4 is 0 Å². The van der Waals surface area contributed by atoms with E-state index in [4.69, 9.17) is 14.9 Å². The molecule has 60 valence electrons. The van der Waals surface area contributed by atoms with Gasteiger partial charge in [-0.05, 0) is 6.92 Å². The molecule has 10 heavy (non-hydrogen) atoms. The number of epoxide rings is 1. The number of aliphatic hydroxyl groups excluding tert-OH is 2. The molecule has 1 atom stereocenters. The minimum Gasteiger partial charge on any atom is -0.370 e. The molecular weight excluding hydrogens is 140 g/mol. The first-order chi connectivity index (χ1) is 4.75. The molecule has 1 heterocycles. The maximum Gasteiger partial charge on any atom is 0.315 e. The lowest BCUT2D eigenvalue weighted by Crippen LogP contribution is -2.24. The Labute approximate surface area is 58.1 Å². The molecule has 1 fully saturated rings. The fourth-order valence-corrected chi connectivity index (χ4v) is 0.737. The molecule has 2 N–H and O–H groups in total. The molecule has 0 aromatic rings. The lowest BCUT2D eigenvalue weighted by Gasteiger charge is -2.09. The van der Waals surface area contributed by atoms with Gasteiger partial charge in [0.25, 0.3) is 0 Å². The Kier molecular flexibility index (Phi) is 2.22. The normalized spacial score (nSPS) is 28.5. The summed E-state index contributed by atoms with van der Waals surface area (Å²) < 4.78 is 14.1. The van der Waals surface area contributed by atoms with Crippen LogP contribution < -0.4 is 0 Å². The van der Waals surface area contributed by atoms with Crippen LogP contribution in [0.5, 0.6) is 0 Å². The Morgan fingerprint density at radius 1 is 1.40 bits per heavy atom. The van der Waals surface area contributed by atoms with Crippen LogP contribution in [-0.2, 0) is 14.2 Å². The van der Waals surface area contributed by atoms with Crippen LogP contribution in [0.25, 0.3) is 0 Å². The zero-order valence-electron chi connectivity index (χ0n) is 5.61. The first-order valence-corrected chi connectivity index (χ1v) is 2.92. The highest BCUT2D eigenvalue weighted by Gasteiger charge is 2.57. The van der Waals surface area contributed by atoms with Crippen LogP contribution in [0.2, 0.25) is 0 Å². The Morgan fingerprint density at radius 3 is 2.00 bits per heavy atom. The Bertz CT molecular complexity index is 109. The van der Waals surface area contributed by atoms with Gasteiger partial charge in [0.05, 0.1) is 0 Å². The molecule has 5 nitrogen and oxygen atoms in total. The van der Waals surface area contributed by atoms with Crippen molar-refractivity contribution in [2.24, 2.45) is 0 Å². The molecule has 0 bridgehead atoms. The third-order valence-corrected chi connectivity index (χ3v) is 1.31. The van der Waals surface area contributed by atoms with E-state index in [1.54, 1.807) is 6.92 Å². The summed E-state index contributed by atoms with van der Waals surface area (Å²) in [6, 6.07) is 0. The molecule has 1 saturated heterocycles. The van der Waals surface area contributed by atoms with Crippen molar-refractivity contribution in [1.29, 1.82) is 0 Å². The maximum absolute atomic E-state index is 8.32. The van der Waals surface area contributed by atoms with E-state index in [9.17, 15) is 0 Å². The van der Waals surface area contributed by atoms with Crippen molar-refractivity contribution in [3.05, 3.63) is 0 Å². The highest BCUT2D eigenvalue weighted by Crippen LogP contribution is 2.37. The average molecular weight is 150 g/mol. The number of ether oxygens (including phenoxy) is 3. The number of aliphatic hydroxyl groups is 2. The van der Waals surface area contributed by atoms with E-state index in [0.29, 0.717) is 0 Å². The summed E-state index contributed by atoms with van der Waals surface area (Å²) >= 11 is 0. The summed E-state index contributed by atoms with van der Waals surface area (Å²) in [6.45, 7) is 0.750. The van der Waals surface area contributed by atoms with Gasteiger partial charge in [-0.2, -0.15) is 0 Å². The van der Waals surface area contributed by atoms with E-state index in [1.807, 2.05) is 0 Å². The second-order valence-electron chi connectivity index (χ2n) is 1.91. The van der Waals surface area contributed by atoms with Gasteiger partial charge in [-0.25, -0.2) is 0 Å². The predicted octanol–water partition coefficient (Wildman–Crippen LogP) is -1.01. The lowest BCUT2D eigenvalue weighted by atomic mass is 10.5. The average Bonchev–Trinajstić information content (AvgIpc) is 2.44. The molecule has 1 unspecified atom stereocenters. The summed E-state index contributed by atoms with van der Waals surface area (Å²) in [5.74, 6) is -1.19. The summed E-state index contributed by atoms with van der Waals surface area (Å²) in [5.41, 5.74) is 0. The van der Waals surface area contributed by atoms with Crippen molar-refractivity contribution in [3.8, 4) is 0 Å². The highest BCUT2D eigenvalue weighted by molar-refractivity contribution is 4.81. The SMILES string of the molecule is CC1OC1(OCO)OCO. The van der Waals surface area contributed by atoms with Crippen molar-refractivity contribution in [2.75, 3.05) is 13.6 Å². The topological polar surface area (TPSA) is 71.5 Å². The molecule has 1 rings (SSSR count). The van der Waals surface area contributed by atoms with E-state index in [1.165, 1.54) is 0 Å². The first-order valence-electron chi connectivity index (χ1n) is 2.92. The van der Waals surface area contributed by atoms with Crippen LogP contribution in [0.15, 0.2) is 0 Å². The monoisotopic (exact) mass is 150 g/mol. The zero-order valence-corrected chi connectivity index (χ0v) is 5.61. The third kappa shape index (κ3) is 1.28. The smallest absolute Gasteiger partial charge is 0.315 e. The summed E-state index contributed by atoms with van der Waals surface area (Å²) in [6.07, 6.45) is -0.230.